The minimum absolute atomic E-state index is 0.812. The zero-order chi connectivity index (χ0) is 8.27. The molecular weight excluding hydrogens is 136 g/mol. The molecule has 0 fully saturated rings. The van der Waals surface area contributed by atoms with Crippen molar-refractivity contribution in [1.29, 1.82) is 0 Å². The smallest absolute Gasteiger partial charge is 0.0957 e. The van der Waals surface area contributed by atoms with Crippen molar-refractivity contribution >= 4 is 12.7 Å². The van der Waals surface area contributed by atoms with Gasteiger partial charge in [0.05, 0.1) is 17.0 Å². The van der Waals surface area contributed by atoms with Crippen LogP contribution in [0.2, 0.25) is 0 Å². The maximum Gasteiger partial charge on any atom is 0.0957 e. The Morgan fingerprint density at radius 1 is 1.73 bits per heavy atom. The van der Waals surface area contributed by atoms with Crippen LogP contribution >= 0.6 is 0 Å². The predicted molar refractivity (Wildman–Crippen MR) is 47.3 cm³/mol. The molecule has 0 aliphatic carbocycles. The Kier molecular flexibility index (Phi) is 2.26. The van der Waals surface area contributed by atoms with E-state index >= 15 is 0 Å². The van der Waals surface area contributed by atoms with Crippen molar-refractivity contribution in [2.24, 2.45) is 0 Å². The van der Waals surface area contributed by atoms with Gasteiger partial charge in [-0.2, -0.15) is 0 Å². The molecule has 0 aromatic carbocycles. The van der Waals surface area contributed by atoms with Gasteiger partial charge in [-0.3, -0.25) is 0 Å². The molecule has 0 amide bonds. The van der Waals surface area contributed by atoms with Crippen LogP contribution in [0.4, 0.5) is 0 Å². The maximum atomic E-state index is 4.08. The molecule has 1 aromatic rings. The van der Waals surface area contributed by atoms with Crippen LogP contribution in [-0.2, 0) is 6.54 Å². The summed E-state index contributed by atoms with van der Waals surface area (Å²) in [6.07, 6.45) is 5.45. The highest BCUT2D eigenvalue weighted by Crippen LogP contribution is 1.73. The number of aromatic nitrogens is 2. The van der Waals surface area contributed by atoms with Crippen molar-refractivity contribution in [2.45, 2.75) is 13.5 Å². The van der Waals surface area contributed by atoms with Crippen molar-refractivity contribution in [3.63, 3.8) is 0 Å². The summed E-state index contributed by atoms with van der Waals surface area (Å²) in [5, 5.41) is 1.86. The molecule has 1 rings (SSSR count). The molecular formula is C9H12N2. The average molecular weight is 148 g/mol. The van der Waals surface area contributed by atoms with Crippen LogP contribution in [0.15, 0.2) is 19.0 Å². The molecule has 11 heavy (non-hydrogen) atoms. The first-order valence-electron chi connectivity index (χ1n) is 3.62. The molecule has 0 N–H and O–H groups in total. The molecule has 0 unspecified atom stereocenters. The fourth-order valence-electron chi connectivity index (χ4n) is 0.989. The summed E-state index contributed by atoms with van der Waals surface area (Å²) in [5.74, 6) is 0. The van der Waals surface area contributed by atoms with Gasteiger partial charge in [-0.15, -0.1) is 0 Å². The van der Waals surface area contributed by atoms with Gasteiger partial charge in [0.25, 0.3) is 0 Å². The topological polar surface area (TPSA) is 17.8 Å². The van der Waals surface area contributed by atoms with Crippen molar-refractivity contribution < 1.29 is 0 Å². The van der Waals surface area contributed by atoms with Crippen molar-refractivity contribution in [2.75, 3.05) is 0 Å². The van der Waals surface area contributed by atoms with Gasteiger partial charge in [0.2, 0.25) is 0 Å². The molecule has 0 radical (unpaired) electrons. The van der Waals surface area contributed by atoms with Crippen LogP contribution in [0.25, 0.3) is 12.7 Å². The molecule has 0 aliphatic heterocycles. The van der Waals surface area contributed by atoms with E-state index in [1.165, 1.54) is 0 Å². The van der Waals surface area contributed by atoms with Gasteiger partial charge in [0.1, 0.15) is 0 Å². The second kappa shape index (κ2) is 3.19. The van der Waals surface area contributed by atoms with E-state index in [0.29, 0.717) is 0 Å². The third-order valence-electron chi connectivity index (χ3n) is 1.57. The summed E-state index contributed by atoms with van der Waals surface area (Å²) in [6.45, 7) is 10.4. The highest BCUT2D eigenvalue weighted by Gasteiger charge is 1.89. The van der Waals surface area contributed by atoms with E-state index in [1.54, 1.807) is 12.4 Å². The lowest BCUT2D eigenvalue weighted by molar-refractivity contribution is 0.739. The largest absolute Gasteiger partial charge is 0.331 e. The minimum atomic E-state index is 0.812. The van der Waals surface area contributed by atoms with E-state index in [1.807, 2.05) is 10.6 Å². The number of imidazole rings is 1. The Hall–Kier alpha value is -1.31. The Labute approximate surface area is 66.2 Å². The molecule has 0 spiro atoms. The maximum absolute atomic E-state index is 4.08. The Bertz CT molecular complexity index is 346. The molecule has 0 atom stereocenters. The van der Waals surface area contributed by atoms with Crippen LogP contribution in [0, 0.1) is 0 Å². The predicted octanol–water partition coefficient (Wildman–Crippen LogP) is 0.280. The van der Waals surface area contributed by atoms with Gasteiger partial charge < -0.3 is 4.57 Å². The summed E-state index contributed by atoms with van der Waals surface area (Å²) < 4.78 is 2.03. The van der Waals surface area contributed by atoms with Gasteiger partial charge in [-0.1, -0.05) is 19.2 Å². The van der Waals surface area contributed by atoms with Crippen molar-refractivity contribution in [1.82, 2.24) is 9.55 Å². The second-order valence-electron chi connectivity index (χ2n) is 2.26. The fourth-order valence-corrected chi connectivity index (χ4v) is 0.989. The first-order valence-corrected chi connectivity index (χ1v) is 3.62. The van der Waals surface area contributed by atoms with Crippen molar-refractivity contribution in [3.05, 3.63) is 29.7 Å². The third-order valence-corrected chi connectivity index (χ3v) is 1.57. The number of nitrogens with zero attached hydrogens (tertiary/aromatic N) is 2. The van der Waals surface area contributed by atoms with Crippen LogP contribution in [-0.4, -0.2) is 9.55 Å². The molecule has 0 saturated carbocycles. The molecule has 58 valence electrons. The van der Waals surface area contributed by atoms with Gasteiger partial charge in [-0.25, -0.2) is 4.98 Å². The summed E-state index contributed by atoms with van der Waals surface area (Å²) in [4.78, 5) is 4.08. The number of hydrogen-bond donors (Lipinski definition) is 0. The Morgan fingerprint density at radius 2 is 2.45 bits per heavy atom. The van der Waals surface area contributed by atoms with Gasteiger partial charge in [0.15, 0.2) is 0 Å². The van der Waals surface area contributed by atoms with E-state index < -0.39 is 0 Å². The summed E-state index contributed by atoms with van der Waals surface area (Å²) in [5.41, 5.74) is 0. The first kappa shape index (κ1) is 7.79. The van der Waals surface area contributed by atoms with E-state index in [0.717, 1.165) is 17.2 Å². The normalized spacial score (nSPS) is 11.9. The number of allylic oxidation sites excluding steroid dienone is 1. The summed E-state index contributed by atoms with van der Waals surface area (Å²) in [6, 6.07) is 0. The highest BCUT2D eigenvalue weighted by atomic mass is 15.0. The molecule has 0 aliphatic rings. The standard InChI is InChI=1S/C9H12N2/c1-4-6-9-8(3)10-7-11(9)5-2/h4,6-7H,1,3,5H2,2H3. The fraction of sp³-hybridized carbons (Fsp3) is 0.222. The quantitative estimate of drug-likeness (QED) is 0.589. The lowest BCUT2D eigenvalue weighted by Crippen LogP contribution is -2.28. The summed E-state index contributed by atoms with van der Waals surface area (Å²) >= 11 is 0. The molecule has 2 heteroatoms. The zero-order valence-corrected chi connectivity index (χ0v) is 6.75. The van der Waals surface area contributed by atoms with Crippen molar-refractivity contribution in [3.8, 4) is 0 Å². The first-order chi connectivity index (χ1) is 5.29. The zero-order valence-electron chi connectivity index (χ0n) is 6.75. The van der Waals surface area contributed by atoms with Gasteiger partial charge in [0, 0.05) is 6.54 Å². The molecule has 1 heterocycles. The lowest BCUT2D eigenvalue weighted by Gasteiger charge is -1.92. The van der Waals surface area contributed by atoms with Crippen LogP contribution in [0.1, 0.15) is 6.92 Å². The lowest BCUT2D eigenvalue weighted by atomic mass is 10.4. The Morgan fingerprint density at radius 3 is 3.00 bits per heavy atom. The van der Waals surface area contributed by atoms with E-state index in [9.17, 15) is 0 Å². The highest BCUT2D eigenvalue weighted by molar-refractivity contribution is 5.32. The number of hydrogen-bond acceptors (Lipinski definition) is 1. The third kappa shape index (κ3) is 1.40. The van der Waals surface area contributed by atoms with E-state index in [-0.39, 0.29) is 0 Å². The van der Waals surface area contributed by atoms with E-state index in [2.05, 4.69) is 25.1 Å². The average Bonchev–Trinajstić information content (AvgIpc) is 2.34. The van der Waals surface area contributed by atoms with Gasteiger partial charge in [-0.05, 0) is 13.0 Å². The minimum Gasteiger partial charge on any atom is -0.331 e. The molecule has 0 bridgehead atoms. The SMILES string of the molecule is C=CC=c1c(=C)ncn1CC. The van der Waals surface area contributed by atoms with E-state index in [4.69, 9.17) is 0 Å². The number of rotatable bonds is 2. The summed E-state index contributed by atoms with van der Waals surface area (Å²) in [7, 11) is 0. The number of aryl methyl sites for hydroxylation is 1. The van der Waals surface area contributed by atoms with Gasteiger partial charge >= 0.3 is 0 Å². The molecule has 2 nitrogen and oxygen atoms in total. The second-order valence-corrected chi connectivity index (χ2v) is 2.26. The van der Waals surface area contributed by atoms with Crippen LogP contribution in [0.5, 0.6) is 0 Å². The molecule has 0 saturated heterocycles. The Balaban J connectivity index is 3.41. The monoisotopic (exact) mass is 148 g/mol. The molecule has 1 aromatic heterocycles. The van der Waals surface area contributed by atoms with Crippen LogP contribution < -0.4 is 10.7 Å². The van der Waals surface area contributed by atoms with Crippen LogP contribution in [0.3, 0.4) is 0 Å².